The van der Waals surface area contributed by atoms with Crippen LogP contribution in [0.25, 0.3) is 0 Å². The average molecular weight is 256 g/mol. The van der Waals surface area contributed by atoms with Gasteiger partial charge in [-0.2, -0.15) is 0 Å². The molecule has 0 aromatic heterocycles. The highest BCUT2D eigenvalue weighted by Crippen LogP contribution is 2.22. The van der Waals surface area contributed by atoms with Crippen LogP contribution in [0.15, 0.2) is 0 Å². The van der Waals surface area contributed by atoms with Crippen molar-refractivity contribution in [2.45, 2.75) is 45.6 Å². The van der Waals surface area contributed by atoms with E-state index in [1.165, 1.54) is 12.8 Å². The molecule has 2 N–H and O–H groups in total. The molecule has 1 aliphatic carbocycles. The number of hydrogen-bond acceptors (Lipinski definition) is 2. The van der Waals surface area contributed by atoms with E-state index in [1.54, 1.807) is 11.9 Å². The molecule has 0 saturated heterocycles. The third-order valence-electron chi connectivity index (χ3n) is 3.79. The predicted octanol–water partition coefficient (Wildman–Crippen LogP) is 1.93. The molecule has 104 valence electrons. The first-order valence-corrected chi connectivity index (χ1v) is 6.67. The van der Waals surface area contributed by atoms with Crippen molar-refractivity contribution in [3.8, 4) is 0 Å². The summed E-state index contributed by atoms with van der Waals surface area (Å²) in [7, 11) is 1.79. The minimum atomic E-state index is -0.853. The molecule has 18 heavy (non-hydrogen) atoms. The number of aliphatic carboxylic acids is 1. The third-order valence-corrected chi connectivity index (χ3v) is 3.79. The molecule has 0 aromatic rings. The molecule has 2 amide bonds. The van der Waals surface area contributed by atoms with Crippen molar-refractivity contribution in [2.75, 3.05) is 13.6 Å². The predicted molar refractivity (Wildman–Crippen MR) is 69.4 cm³/mol. The number of urea groups is 1. The van der Waals surface area contributed by atoms with Crippen LogP contribution in [0.2, 0.25) is 0 Å². The zero-order valence-corrected chi connectivity index (χ0v) is 11.5. The number of nitrogens with zero attached hydrogens (tertiary/aromatic N) is 1. The maximum atomic E-state index is 11.9. The van der Waals surface area contributed by atoms with Gasteiger partial charge in [-0.15, -0.1) is 0 Å². The number of hydrogen-bond donors (Lipinski definition) is 2. The van der Waals surface area contributed by atoms with E-state index in [2.05, 4.69) is 5.32 Å². The Balaban J connectivity index is 2.41. The monoisotopic (exact) mass is 256 g/mol. The van der Waals surface area contributed by atoms with Gasteiger partial charge in [0.15, 0.2) is 0 Å². The Morgan fingerprint density at radius 2 is 1.89 bits per heavy atom. The maximum absolute atomic E-state index is 11.9. The molecule has 0 spiro atoms. The topological polar surface area (TPSA) is 69.6 Å². The van der Waals surface area contributed by atoms with Crippen molar-refractivity contribution in [3.63, 3.8) is 0 Å². The minimum absolute atomic E-state index is 0.0135. The standard InChI is InChI=1S/C13H24N2O3/c1-9(2)11(12(16)17)8-14-13(18)15(3)10-6-4-5-7-10/h9-11H,4-8H2,1-3H3,(H,14,18)(H,16,17). The summed E-state index contributed by atoms with van der Waals surface area (Å²) in [6.45, 7) is 3.90. The van der Waals surface area contributed by atoms with Crippen LogP contribution in [-0.2, 0) is 4.79 Å². The van der Waals surface area contributed by atoms with Crippen molar-refractivity contribution in [1.82, 2.24) is 10.2 Å². The van der Waals surface area contributed by atoms with E-state index in [0.717, 1.165) is 12.8 Å². The van der Waals surface area contributed by atoms with E-state index in [9.17, 15) is 9.59 Å². The van der Waals surface area contributed by atoms with Crippen LogP contribution in [0.3, 0.4) is 0 Å². The minimum Gasteiger partial charge on any atom is -0.481 e. The van der Waals surface area contributed by atoms with Gasteiger partial charge in [-0.05, 0) is 18.8 Å². The largest absolute Gasteiger partial charge is 0.481 e. The Bertz CT molecular complexity index is 299. The molecule has 0 heterocycles. The van der Waals surface area contributed by atoms with Gasteiger partial charge in [0.05, 0.1) is 5.92 Å². The highest BCUT2D eigenvalue weighted by molar-refractivity contribution is 5.76. The number of carboxylic acids is 1. The molecular formula is C13H24N2O3. The summed E-state index contributed by atoms with van der Waals surface area (Å²) in [6, 6.07) is 0.154. The van der Waals surface area contributed by atoms with Gasteiger partial charge in [-0.1, -0.05) is 26.7 Å². The SMILES string of the molecule is CC(C)C(CNC(=O)N(C)C1CCCC1)C(=O)O. The molecule has 0 aromatic carbocycles. The molecule has 0 radical (unpaired) electrons. The van der Waals surface area contributed by atoms with Gasteiger partial charge in [0.1, 0.15) is 0 Å². The number of rotatable bonds is 5. The van der Waals surface area contributed by atoms with Gasteiger partial charge in [-0.3, -0.25) is 4.79 Å². The Hall–Kier alpha value is -1.26. The highest BCUT2D eigenvalue weighted by atomic mass is 16.4. The van der Waals surface area contributed by atoms with E-state index in [-0.39, 0.29) is 18.5 Å². The molecule has 5 nitrogen and oxygen atoms in total. The second kappa shape index (κ2) is 6.61. The maximum Gasteiger partial charge on any atom is 0.317 e. The molecule has 1 unspecified atom stereocenters. The fourth-order valence-corrected chi connectivity index (χ4v) is 2.39. The van der Waals surface area contributed by atoms with E-state index < -0.39 is 11.9 Å². The summed E-state index contributed by atoms with van der Waals surface area (Å²) in [6.07, 6.45) is 4.45. The van der Waals surface area contributed by atoms with E-state index in [1.807, 2.05) is 13.8 Å². The molecule has 1 fully saturated rings. The number of amides is 2. The van der Waals surface area contributed by atoms with Crippen LogP contribution in [-0.4, -0.2) is 41.6 Å². The number of carbonyl (C=O) groups excluding carboxylic acids is 1. The Morgan fingerprint density at radius 1 is 1.33 bits per heavy atom. The lowest BCUT2D eigenvalue weighted by atomic mass is 9.96. The second-order valence-corrected chi connectivity index (χ2v) is 5.42. The van der Waals surface area contributed by atoms with Gasteiger partial charge >= 0.3 is 12.0 Å². The highest BCUT2D eigenvalue weighted by Gasteiger charge is 2.26. The summed E-state index contributed by atoms with van der Waals surface area (Å²) in [5.41, 5.74) is 0. The smallest absolute Gasteiger partial charge is 0.317 e. The van der Waals surface area contributed by atoms with Crippen molar-refractivity contribution < 1.29 is 14.7 Å². The van der Waals surface area contributed by atoms with Crippen LogP contribution in [0.1, 0.15) is 39.5 Å². The molecule has 0 bridgehead atoms. The molecule has 1 rings (SSSR count). The van der Waals surface area contributed by atoms with Crippen LogP contribution in [0, 0.1) is 11.8 Å². The Kier molecular flexibility index (Phi) is 5.44. The average Bonchev–Trinajstić information content (AvgIpc) is 2.80. The van der Waals surface area contributed by atoms with Gasteiger partial charge in [0, 0.05) is 19.6 Å². The van der Waals surface area contributed by atoms with Gasteiger partial charge < -0.3 is 15.3 Å². The lowest BCUT2D eigenvalue weighted by Crippen LogP contribution is -2.45. The fraction of sp³-hybridized carbons (Fsp3) is 0.846. The molecule has 1 saturated carbocycles. The zero-order chi connectivity index (χ0) is 13.7. The van der Waals surface area contributed by atoms with Crippen molar-refractivity contribution in [1.29, 1.82) is 0 Å². The first-order valence-electron chi connectivity index (χ1n) is 6.67. The third kappa shape index (κ3) is 3.89. The van der Waals surface area contributed by atoms with Gasteiger partial charge in [0.2, 0.25) is 0 Å². The number of carboxylic acid groups (broad SMARTS) is 1. The lowest BCUT2D eigenvalue weighted by molar-refractivity contribution is -0.142. The lowest BCUT2D eigenvalue weighted by Gasteiger charge is -2.26. The normalized spacial score (nSPS) is 17.8. The summed E-state index contributed by atoms with van der Waals surface area (Å²) < 4.78 is 0. The van der Waals surface area contributed by atoms with Crippen molar-refractivity contribution >= 4 is 12.0 Å². The van der Waals surface area contributed by atoms with Crippen molar-refractivity contribution in [2.24, 2.45) is 11.8 Å². The molecule has 0 aliphatic heterocycles. The quantitative estimate of drug-likeness (QED) is 0.789. The second-order valence-electron chi connectivity index (χ2n) is 5.42. The van der Waals surface area contributed by atoms with Gasteiger partial charge in [0.25, 0.3) is 0 Å². The summed E-state index contributed by atoms with van der Waals surface area (Å²) in [4.78, 5) is 24.6. The fourth-order valence-electron chi connectivity index (χ4n) is 2.39. The van der Waals surface area contributed by atoms with E-state index in [4.69, 9.17) is 5.11 Å². The van der Waals surface area contributed by atoms with Crippen LogP contribution < -0.4 is 5.32 Å². The Morgan fingerprint density at radius 3 is 2.33 bits per heavy atom. The van der Waals surface area contributed by atoms with Crippen molar-refractivity contribution in [3.05, 3.63) is 0 Å². The first kappa shape index (κ1) is 14.8. The van der Waals surface area contributed by atoms with Crippen LogP contribution >= 0.6 is 0 Å². The zero-order valence-electron chi connectivity index (χ0n) is 11.5. The van der Waals surface area contributed by atoms with Gasteiger partial charge in [-0.25, -0.2) is 4.79 Å². The number of nitrogens with one attached hydrogen (secondary N) is 1. The summed E-state index contributed by atoms with van der Waals surface area (Å²) in [5, 5.41) is 11.8. The summed E-state index contributed by atoms with van der Waals surface area (Å²) in [5.74, 6) is -1.36. The van der Waals surface area contributed by atoms with Crippen LogP contribution in [0.5, 0.6) is 0 Å². The molecular weight excluding hydrogens is 232 g/mol. The molecule has 5 heteroatoms. The Labute approximate surface area is 109 Å². The van der Waals surface area contributed by atoms with E-state index >= 15 is 0 Å². The molecule has 1 aliphatic rings. The molecule has 1 atom stereocenters. The first-order chi connectivity index (χ1) is 8.43. The van der Waals surface area contributed by atoms with Crippen LogP contribution in [0.4, 0.5) is 4.79 Å². The number of carbonyl (C=O) groups is 2. The van der Waals surface area contributed by atoms with E-state index in [0.29, 0.717) is 6.04 Å². The summed E-state index contributed by atoms with van der Waals surface area (Å²) >= 11 is 0.